The summed E-state index contributed by atoms with van der Waals surface area (Å²) in [6, 6.07) is 1.74. The third kappa shape index (κ3) is 3.03. The number of ether oxygens (including phenoxy) is 1. The van der Waals surface area contributed by atoms with Gasteiger partial charge in [-0.3, -0.25) is 4.79 Å². The van der Waals surface area contributed by atoms with E-state index in [2.05, 4.69) is 25.4 Å². The van der Waals surface area contributed by atoms with Crippen molar-refractivity contribution in [3.05, 3.63) is 36.4 Å². The number of nitrogens with one attached hydrogen (secondary N) is 1. The van der Waals surface area contributed by atoms with Crippen molar-refractivity contribution >= 4 is 23.2 Å². The molecule has 1 amide bonds. The molecule has 9 nitrogen and oxygen atoms in total. The highest BCUT2D eigenvalue weighted by Crippen LogP contribution is 2.20. The molecular weight excluding hydrogens is 298 g/mol. The molecule has 3 N–H and O–H groups in total. The van der Waals surface area contributed by atoms with Crippen LogP contribution in [0.4, 0.5) is 11.6 Å². The zero-order valence-electron chi connectivity index (χ0n) is 12.6. The average molecular weight is 313 g/mol. The number of amides is 1. The summed E-state index contributed by atoms with van der Waals surface area (Å²) in [5, 5.41) is 6.84. The Kier molecular flexibility index (Phi) is 3.75. The minimum Gasteiger partial charge on any atom is -0.474 e. The Morgan fingerprint density at radius 1 is 1.35 bits per heavy atom. The van der Waals surface area contributed by atoms with Crippen molar-refractivity contribution in [2.24, 2.45) is 0 Å². The molecule has 0 atom stereocenters. The zero-order chi connectivity index (χ0) is 16.4. The molecule has 9 heteroatoms. The van der Waals surface area contributed by atoms with Crippen LogP contribution in [0.2, 0.25) is 0 Å². The van der Waals surface area contributed by atoms with Crippen LogP contribution in [-0.2, 0) is 0 Å². The zero-order valence-corrected chi connectivity index (χ0v) is 12.6. The van der Waals surface area contributed by atoms with E-state index in [1.54, 1.807) is 23.0 Å². The average Bonchev–Trinajstić information content (AvgIpc) is 2.90. The molecule has 0 aliphatic heterocycles. The molecule has 0 aliphatic rings. The van der Waals surface area contributed by atoms with E-state index in [1.165, 1.54) is 12.4 Å². The highest BCUT2D eigenvalue weighted by atomic mass is 16.5. The molecule has 118 valence electrons. The molecule has 3 aromatic rings. The van der Waals surface area contributed by atoms with E-state index in [9.17, 15) is 4.79 Å². The number of aromatic nitrogens is 5. The minimum atomic E-state index is -0.429. The predicted octanol–water partition coefficient (Wildman–Crippen LogP) is 1.14. The molecular formula is C14H15N7O2. The van der Waals surface area contributed by atoms with Gasteiger partial charge in [0.2, 0.25) is 11.8 Å². The summed E-state index contributed by atoms with van der Waals surface area (Å²) >= 11 is 0. The topological polar surface area (TPSA) is 120 Å². The van der Waals surface area contributed by atoms with Crippen LogP contribution in [0.3, 0.4) is 0 Å². The molecule has 0 spiro atoms. The van der Waals surface area contributed by atoms with Gasteiger partial charge in [0.05, 0.1) is 12.3 Å². The number of nitrogens with two attached hydrogens (primary N) is 1. The van der Waals surface area contributed by atoms with Crippen molar-refractivity contribution in [2.75, 3.05) is 11.1 Å². The van der Waals surface area contributed by atoms with E-state index in [0.717, 1.165) is 0 Å². The van der Waals surface area contributed by atoms with Crippen molar-refractivity contribution in [3.8, 4) is 5.88 Å². The number of carbonyl (C=O) groups excluding carboxylic acids is 1. The fraction of sp³-hybridized carbons (Fsp3) is 0.214. The largest absolute Gasteiger partial charge is 0.474 e. The van der Waals surface area contributed by atoms with Gasteiger partial charge < -0.3 is 15.8 Å². The minimum absolute atomic E-state index is 0.0369. The molecule has 3 heterocycles. The summed E-state index contributed by atoms with van der Waals surface area (Å²) < 4.78 is 7.08. The number of hydrogen-bond acceptors (Lipinski definition) is 7. The number of nitrogen functional groups attached to an aromatic ring is 1. The number of anilines is 2. The molecule has 3 rings (SSSR count). The van der Waals surface area contributed by atoms with Crippen molar-refractivity contribution in [2.45, 2.75) is 20.0 Å². The van der Waals surface area contributed by atoms with E-state index in [0.29, 0.717) is 11.3 Å². The maximum Gasteiger partial charge on any atom is 0.262 e. The van der Waals surface area contributed by atoms with Crippen molar-refractivity contribution in [3.63, 3.8) is 0 Å². The summed E-state index contributed by atoms with van der Waals surface area (Å²) in [6.45, 7) is 3.66. The van der Waals surface area contributed by atoms with E-state index in [1.807, 2.05) is 13.8 Å². The Hall–Kier alpha value is -3.23. The van der Waals surface area contributed by atoms with E-state index in [4.69, 9.17) is 10.5 Å². The van der Waals surface area contributed by atoms with Gasteiger partial charge in [0.1, 0.15) is 11.3 Å². The quantitative estimate of drug-likeness (QED) is 0.741. The number of hydrogen-bond donors (Lipinski definition) is 2. The van der Waals surface area contributed by atoms with Crippen LogP contribution in [-0.4, -0.2) is 36.6 Å². The van der Waals surface area contributed by atoms with Gasteiger partial charge in [0.25, 0.3) is 5.91 Å². The first-order chi connectivity index (χ1) is 11.0. The SMILES string of the molecule is CC(C)Oc1nc(N)ncc1C(=O)Nc1cnn2cccnc12. The maximum absolute atomic E-state index is 12.5. The van der Waals surface area contributed by atoms with Crippen molar-refractivity contribution in [1.82, 2.24) is 24.6 Å². The lowest BCUT2D eigenvalue weighted by molar-refractivity contribution is 0.101. The van der Waals surface area contributed by atoms with Gasteiger partial charge in [-0.25, -0.2) is 14.5 Å². The first-order valence-corrected chi connectivity index (χ1v) is 6.93. The van der Waals surface area contributed by atoms with Gasteiger partial charge in [-0.15, -0.1) is 0 Å². The van der Waals surface area contributed by atoms with E-state index >= 15 is 0 Å². The van der Waals surface area contributed by atoms with Gasteiger partial charge in [-0.1, -0.05) is 0 Å². The first kappa shape index (κ1) is 14.7. The normalized spacial score (nSPS) is 10.9. The Labute approximate surface area is 131 Å². The molecule has 0 unspecified atom stereocenters. The van der Waals surface area contributed by atoms with Gasteiger partial charge >= 0.3 is 0 Å². The van der Waals surface area contributed by atoms with Crippen LogP contribution in [0.5, 0.6) is 5.88 Å². The van der Waals surface area contributed by atoms with Crippen LogP contribution >= 0.6 is 0 Å². The monoisotopic (exact) mass is 313 g/mol. The number of nitrogens with zero attached hydrogens (tertiary/aromatic N) is 5. The Balaban J connectivity index is 1.91. The molecule has 0 bridgehead atoms. The van der Waals surface area contributed by atoms with Crippen LogP contribution < -0.4 is 15.8 Å². The second-order valence-electron chi connectivity index (χ2n) is 5.01. The smallest absolute Gasteiger partial charge is 0.262 e. The molecule has 3 aromatic heterocycles. The summed E-state index contributed by atoms with van der Waals surface area (Å²) in [5.41, 5.74) is 6.75. The van der Waals surface area contributed by atoms with Crippen LogP contribution in [0.1, 0.15) is 24.2 Å². The number of rotatable bonds is 4. The first-order valence-electron chi connectivity index (χ1n) is 6.93. The van der Waals surface area contributed by atoms with Gasteiger partial charge in [0.15, 0.2) is 5.65 Å². The highest BCUT2D eigenvalue weighted by molar-refractivity contribution is 6.07. The Morgan fingerprint density at radius 2 is 2.17 bits per heavy atom. The van der Waals surface area contributed by atoms with Crippen molar-refractivity contribution < 1.29 is 9.53 Å². The lowest BCUT2D eigenvalue weighted by Gasteiger charge is -2.12. The van der Waals surface area contributed by atoms with Gasteiger partial charge in [-0.2, -0.15) is 10.1 Å². The van der Waals surface area contributed by atoms with Gasteiger partial charge in [0, 0.05) is 18.6 Å². The summed E-state index contributed by atoms with van der Waals surface area (Å²) in [5.74, 6) is -0.259. The van der Waals surface area contributed by atoms with E-state index < -0.39 is 5.91 Å². The van der Waals surface area contributed by atoms with Gasteiger partial charge in [-0.05, 0) is 19.9 Å². The molecule has 0 saturated carbocycles. The number of carbonyl (C=O) groups is 1. The van der Waals surface area contributed by atoms with Crippen LogP contribution in [0, 0.1) is 0 Å². The highest BCUT2D eigenvalue weighted by Gasteiger charge is 2.18. The molecule has 0 saturated heterocycles. The summed E-state index contributed by atoms with van der Waals surface area (Å²) in [6.07, 6.45) is 6.04. The fourth-order valence-electron chi connectivity index (χ4n) is 1.95. The Morgan fingerprint density at radius 3 is 2.96 bits per heavy atom. The maximum atomic E-state index is 12.5. The third-order valence-electron chi connectivity index (χ3n) is 2.89. The molecule has 0 aliphatic carbocycles. The third-order valence-corrected chi connectivity index (χ3v) is 2.89. The predicted molar refractivity (Wildman–Crippen MR) is 83.1 cm³/mol. The second-order valence-corrected chi connectivity index (χ2v) is 5.01. The van der Waals surface area contributed by atoms with Crippen LogP contribution in [0.15, 0.2) is 30.9 Å². The second kappa shape index (κ2) is 5.87. The summed E-state index contributed by atoms with van der Waals surface area (Å²) in [7, 11) is 0. The summed E-state index contributed by atoms with van der Waals surface area (Å²) in [4.78, 5) is 24.5. The Bertz CT molecular complexity index is 859. The molecule has 23 heavy (non-hydrogen) atoms. The van der Waals surface area contributed by atoms with Crippen molar-refractivity contribution in [1.29, 1.82) is 0 Å². The lowest BCUT2D eigenvalue weighted by Crippen LogP contribution is -2.18. The fourth-order valence-corrected chi connectivity index (χ4v) is 1.95. The molecule has 0 aromatic carbocycles. The number of fused-ring (bicyclic) bond motifs is 1. The molecule has 0 fully saturated rings. The van der Waals surface area contributed by atoms with E-state index in [-0.39, 0.29) is 23.5 Å². The lowest BCUT2D eigenvalue weighted by atomic mass is 10.3. The standard InChI is InChI=1S/C14H15N7O2/c1-8(2)23-13-9(6-17-14(15)20-13)12(22)19-10-7-18-21-5-3-4-16-11(10)21/h3-8H,1-2H3,(H,19,22)(H2,15,17,20). The molecule has 0 radical (unpaired) electrons. The van der Waals surface area contributed by atoms with Crippen LogP contribution in [0.25, 0.3) is 5.65 Å².